The second-order valence-electron chi connectivity index (χ2n) is 5.58. The number of aliphatic hydroxyl groups is 1. The number of hydrogen-bond donors (Lipinski definition) is 2. The van der Waals surface area contributed by atoms with Gasteiger partial charge in [0.15, 0.2) is 5.12 Å². The zero-order chi connectivity index (χ0) is 18.2. The first kappa shape index (κ1) is 21.1. The third-order valence-electron chi connectivity index (χ3n) is 3.03. The maximum Gasteiger partial charge on any atom is 0.428 e. The fourth-order valence-electron chi connectivity index (χ4n) is 1.48. The van der Waals surface area contributed by atoms with Gasteiger partial charge in [0.25, 0.3) is 6.04 Å². The average Bonchev–Trinajstić information content (AvgIpc) is 2.58. The van der Waals surface area contributed by atoms with Crippen LogP contribution in [0, 0.1) is 5.41 Å². The highest BCUT2D eigenvalue weighted by Gasteiger charge is 2.37. The molecule has 2 N–H and O–H groups in total. The molecule has 2 unspecified atom stereocenters. The molecule has 0 heterocycles. The second kappa shape index (κ2) is 9.53. The van der Waals surface area contributed by atoms with Gasteiger partial charge in [-0.25, -0.2) is 8.96 Å². The monoisotopic (exact) mass is 379 g/mol. The third-order valence-corrected chi connectivity index (χ3v) is 6.03. The molecule has 0 aromatic heterocycles. The third kappa shape index (κ3) is 6.18. The maximum absolute atomic E-state index is 14.0. The molecule has 9 heteroatoms. The van der Waals surface area contributed by atoms with Gasteiger partial charge in [0.05, 0.1) is 18.6 Å². The Labute approximate surface area is 145 Å². The quantitative estimate of drug-likeness (QED) is 0.367. The fourth-order valence-corrected chi connectivity index (χ4v) is 3.77. The van der Waals surface area contributed by atoms with Crippen molar-refractivity contribution in [2.45, 2.75) is 19.9 Å². The van der Waals surface area contributed by atoms with Gasteiger partial charge in [0.2, 0.25) is 0 Å². The molecule has 0 aliphatic carbocycles. The Morgan fingerprint density at radius 1 is 1.42 bits per heavy atom. The SMILES string of the molecule is CNC(F)P(=O)(OCCSC(=O)C(C)(C)CO)Oc1ccccc1. The van der Waals surface area contributed by atoms with Crippen LogP contribution in [-0.2, 0) is 13.9 Å². The van der Waals surface area contributed by atoms with E-state index in [2.05, 4.69) is 5.32 Å². The standard InChI is InChI=1S/C15H23FNO5PS/c1-15(2,11-18)13(19)24-10-9-21-23(20,14(16)17-3)22-12-7-5-4-6-8-12/h4-8,14,17-18H,9-11H2,1-3H3. The number of alkyl halides is 1. The van der Waals surface area contributed by atoms with Crippen molar-refractivity contribution in [3.8, 4) is 5.75 Å². The zero-order valence-corrected chi connectivity index (χ0v) is 15.6. The fraction of sp³-hybridized carbons (Fsp3) is 0.533. The van der Waals surface area contributed by atoms with Gasteiger partial charge in [0, 0.05) is 5.75 Å². The Bertz CT molecular complexity index is 572. The number of rotatable bonds is 10. The molecule has 0 aliphatic heterocycles. The van der Waals surface area contributed by atoms with Crippen LogP contribution >= 0.6 is 19.4 Å². The summed E-state index contributed by atoms with van der Waals surface area (Å²) in [4.78, 5) is 11.9. The van der Waals surface area contributed by atoms with Gasteiger partial charge >= 0.3 is 7.60 Å². The molecule has 0 amide bonds. The molecule has 0 fully saturated rings. The van der Waals surface area contributed by atoms with E-state index in [1.807, 2.05) is 0 Å². The van der Waals surface area contributed by atoms with Crippen LogP contribution in [0.3, 0.4) is 0 Å². The van der Waals surface area contributed by atoms with E-state index in [1.165, 1.54) is 7.05 Å². The number of thioether (sulfide) groups is 1. The van der Waals surface area contributed by atoms with Crippen molar-refractivity contribution in [1.29, 1.82) is 0 Å². The summed E-state index contributed by atoms with van der Waals surface area (Å²) in [6.45, 7) is 2.82. The first-order valence-corrected chi connectivity index (χ1v) is 9.93. The molecule has 1 aromatic carbocycles. The Kier molecular flexibility index (Phi) is 8.39. The highest BCUT2D eigenvalue weighted by atomic mass is 32.2. The summed E-state index contributed by atoms with van der Waals surface area (Å²) < 4.78 is 36.9. The lowest BCUT2D eigenvalue weighted by Crippen LogP contribution is -2.26. The van der Waals surface area contributed by atoms with Crippen molar-refractivity contribution in [2.24, 2.45) is 5.41 Å². The molecular formula is C15H23FNO5PS. The highest BCUT2D eigenvalue weighted by molar-refractivity contribution is 8.13. The topological polar surface area (TPSA) is 84.9 Å². The van der Waals surface area contributed by atoms with Crippen molar-refractivity contribution in [3.63, 3.8) is 0 Å². The molecule has 1 rings (SSSR count). The minimum Gasteiger partial charge on any atom is -0.422 e. The van der Waals surface area contributed by atoms with E-state index >= 15 is 0 Å². The van der Waals surface area contributed by atoms with Gasteiger partial charge in [-0.15, -0.1) is 0 Å². The van der Waals surface area contributed by atoms with Crippen molar-refractivity contribution < 1.29 is 27.9 Å². The largest absolute Gasteiger partial charge is 0.428 e. The summed E-state index contributed by atoms with van der Waals surface area (Å²) in [6, 6.07) is 6.16. The van der Waals surface area contributed by atoms with Crippen LogP contribution in [-0.4, -0.2) is 42.3 Å². The van der Waals surface area contributed by atoms with Crippen LogP contribution < -0.4 is 9.84 Å². The second-order valence-corrected chi connectivity index (χ2v) is 8.62. The van der Waals surface area contributed by atoms with Crippen molar-refractivity contribution >= 4 is 24.5 Å². The van der Waals surface area contributed by atoms with Gasteiger partial charge < -0.3 is 9.63 Å². The van der Waals surface area contributed by atoms with Crippen molar-refractivity contribution in [1.82, 2.24) is 5.32 Å². The molecule has 0 saturated heterocycles. The Balaban J connectivity index is 2.61. The predicted octanol–water partition coefficient (Wildman–Crippen LogP) is 3.03. The van der Waals surface area contributed by atoms with Crippen LogP contribution in [0.4, 0.5) is 4.39 Å². The van der Waals surface area contributed by atoms with Crippen LogP contribution in [0.1, 0.15) is 13.8 Å². The van der Waals surface area contributed by atoms with Crippen LogP contribution in [0.25, 0.3) is 0 Å². The number of aliphatic hydroxyl groups excluding tert-OH is 1. The Morgan fingerprint density at radius 3 is 2.58 bits per heavy atom. The minimum atomic E-state index is -4.09. The number of benzene rings is 1. The number of hydrogen-bond acceptors (Lipinski definition) is 7. The zero-order valence-electron chi connectivity index (χ0n) is 13.9. The Hall–Kier alpha value is -0.920. The normalized spacial score (nSPS) is 15.5. The van der Waals surface area contributed by atoms with E-state index in [0.29, 0.717) is 0 Å². The summed E-state index contributed by atoms with van der Waals surface area (Å²) in [5.41, 5.74) is -0.873. The molecule has 0 radical (unpaired) electrons. The molecule has 0 saturated carbocycles. The summed E-state index contributed by atoms with van der Waals surface area (Å²) in [6.07, 6.45) is 0. The molecule has 6 nitrogen and oxygen atoms in total. The van der Waals surface area contributed by atoms with Gasteiger partial charge in [-0.2, -0.15) is 0 Å². The lowest BCUT2D eigenvalue weighted by molar-refractivity contribution is -0.119. The maximum atomic E-state index is 14.0. The summed E-state index contributed by atoms with van der Waals surface area (Å²) in [5.74, 6) is 0.393. The van der Waals surface area contributed by atoms with E-state index in [-0.39, 0.29) is 29.8 Å². The molecule has 0 bridgehead atoms. The van der Waals surface area contributed by atoms with E-state index in [0.717, 1.165) is 11.8 Å². The van der Waals surface area contributed by atoms with Crippen LogP contribution in [0.15, 0.2) is 30.3 Å². The van der Waals surface area contributed by atoms with Gasteiger partial charge in [0.1, 0.15) is 5.75 Å². The summed E-state index contributed by atoms with van der Waals surface area (Å²) in [5, 5.41) is 11.1. The molecule has 1 aromatic rings. The van der Waals surface area contributed by atoms with Crippen molar-refractivity contribution in [3.05, 3.63) is 30.3 Å². The molecule has 2 atom stereocenters. The Morgan fingerprint density at radius 2 is 2.04 bits per heavy atom. The highest BCUT2D eigenvalue weighted by Crippen LogP contribution is 2.52. The van der Waals surface area contributed by atoms with E-state index in [4.69, 9.17) is 14.2 Å². The lowest BCUT2D eigenvalue weighted by Gasteiger charge is -2.22. The molecule has 0 spiro atoms. The van der Waals surface area contributed by atoms with Crippen LogP contribution in [0.2, 0.25) is 0 Å². The number of para-hydroxylation sites is 1. The number of halogens is 1. The first-order chi connectivity index (χ1) is 11.2. The molecule has 24 heavy (non-hydrogen) atoms. The average molecular weight is 379 g/mol. The van der Waals surface area contributed by atoms with Crippen molar-refractivity contribution in [2.75, 3.05) is 26.0 Å². The number of nitrogens with one attached hydrogen (secondary N) is 1. The van der Waals surface area contributed by atoms with E-state index < -0.39 is 19.0 Å². The smallest absolute Gasteiger partial charge is 0.422 e. The number of carbonyl (C=O) groups excluding carboxylic acids is 1. The molecular weight excluding hydrogens is 356 g/mol. The van der Waals surface area contributed by atoms with Gasteiger partial charge in [-0.3, -0.25) is 14.6 Å². The predicted molar refractivity (Wildman–Crippen MR) is 92.9 cm³/mol. The van der Waals surface area contributed by atoms with Gasteiger partial charge in [-0.1, -0.05) is 30.0 Å². The van der Waals surface area contributed by atoms with Gasteiger partial charge in [-0.05, 0) is 33.0 Å². The number of carbonyl (C=O) groups is 1. The van der Waals surface area contributed by atoms with E-state index in [9.17, 15) is 13.8 Å². The molecule has 0 aliphatic rings. The summed E-state index contributed by atoms with van der Waals surface area (Å²) >= 11 is 0.931. The minimum absolute atomic E-state index is 0.135. The summed E-state index contributed by atoms with van der Waals surface area (Å²) in [7, 11) is -2.79. The molecule has 136 valence electrons. The van der Waals surface area contributed by atoms with Crippen LogP contribution in [0.5, 0.6) is 5.75 Å². The lowest BCUT2D eigenvalue weighted by atomic mass is 9.97. The van der Waals surface area contributed by atoms with E-state index in [1.54, 1.807) is 44.2 Å². The first-order valence-electron chi connectivity index (χ1n) is 7.33.